The molecule has 4 heteroatoms. The maximum Gasteiger partial charge on any atom is 0.309 e. The first-order chi connectivity index (χ1) is 9.61. The third kappa shape index (κ3) is 3.34. The monoisotopic (exact) mass is 283 g/mol. The number of methoxy groups -OCH3 is 1. The molecule has 0 spiro atoms. The van der Waals surface area contributed by atoms with Gasteiger partial charge in [0.1, 0.15) is 0 Å². The van der Waals surface area contributed by atoms with Gasteiger partial charge < -0.3 is 14.7 Å². The van der Waals surface area contributed by atoms with Gasteiger partial charge in [0, 0.05) is 13.2 Å². The first-order valence-electron chi connectivity index (χ1n) is 8.11. The van der Waals surface area contributed by atoms with Crippen molar-refractivity contribution >= 4 is 5.97 Å². The van der Waals surface area contributed by atoms with E-state index in [4.69, 9.17) is 4.74 Å². The average Bonchev–Trinajstić information content (AvgIpc) is 2.48. The van der Waals surface area contributed by atoms with Crippen LogP contribution in [0.4, 0.5) is 0 Å². The van der Waals surface area contributed by atoms with Crippen LogP contribution in [0.5, 0.6) is 0 Å². The molecule has 1 aliphatic carbocycles. The highest BCUT2D eigenvalue weighted by molar-refractivity contribution is 5.74. The van der Waals surface area contributed by atoms with Crippen LogP contribution in [0.2, 0.25) is 0 Å². The van der Waals surface area contributed by atoms with E-state index in [-0.39, 0.29) is 0 Å². The number of nitrogens with zero attached hydrogens (tertiary/aromatic N) is 1. The molecule has 0 atom stereocenters. The van der Waals surface area contributed by atoms with Crippen LogP contribution in [0.1, 0.15) is 58.3 Å². The van der Waals surface area contributed by atoms with Crippen molar-refractivity contribution < 1.29 is 14.6 Å². The van der Waals surface area contributed by atoms with Gasteiger partial charge in [-0.25, -0.2) is 0 Å². The Bertz CT molecular complexity index is 316. The topological polar surface area (TPSA) is 49.8 Å². The fourth-order valence-electron chi connectivity index (χ4n) is 4.01. The fraction of sp³-hybridized carbons (Fsp3) is 0.938. The Morgan fingerprint density at radius 1 is 1.25 bits per heavy atom. The Balaban J connectivity index is 1.86. The first-order valence-corrected chi connectivity index (χ1v) is 8.11. The summed E-state index contributed by atoms with van der Waals surface area (Å²) in [7, 11) is 1.80. The van der Waals surface area contributed by atoms with Gasteiger partial charge in [0.2, 0.25) is 0 Å². The largest absolute Gasteiger partial charge is 0.481 e. The van der Waals surface area contributed by atoms with E-state index in [1.165, 1.54) is 12.8 Å². The summed E-state index contributed by atoms with van der Waals surface area (Å²) in [6.45, 7) is 3.99. The third-order valence-corrected chi connectivity index (χ3v) is 5.43. The molecule has 0 aromatic heterocycles. The highest BCUT2D eigenvalue weighted by Crippen LogP contribution is 2.38. The molecule has 1 aliphatic heterocycles. The lowest BCUT2D eigenvalue weighted by Gasteiger charge is -2.44. The minimum atomic E-state index is -0.581. The summed E-state index contributed by atoms with van der Waals surface area (Å²) >= 11 is 0. The van der Waals surface area contributed by atoms with Crippen LogP contribution in [0, 0.1) is 5.41 Å². The molecule has 2 rings (SSSR count). The van der Waals surface area contributed by atoms with E-state index in [0.717, 1.165) is 51.6 Å². The molecule has 2 fully saturated rings. The van der Waals surface area contributed by atoms with Crippen LogP contribution in [-0.4, -0.2) is 48.3 Å². The summed E-state index contributed by atoms with van der Waals surface area (Å²) in [5.41, 5.74) is -0.449. The number of hydrogen-bond acceptors (Lipinski definition) is 3. The third-order valence-electron chi connectivity index (χ3n) is 5.43. The van der Waals surface area contributed by atoms with Gasteiger partial charge >= 0.3 is 5.97 Å². The standard InChI is InChI=1S/C16H29NO3/c1-3-8-16(15(18)19)9-11-17(12-10-16)13-4-6-14(20-2)7-5-13/h13-14H,3-12H2,1-2H3,(H,18,19). The SMILES string of the molecule is CCCC1(C(=O)O)CCN(C2CCC(OC)CC2)CC1. The van der Waals surface area contributed by atoms with Gasteiger partial charge in [-0.2, -0.15) is 0 Å². The number of rotatable bonds is 5. The highest BCUT2D eigenvalue weighted by atomic mass is 16.5. The van der Waals surface area contributed by atoms with Crippen molar-refractivity contribution in [3.8, 4) is 0 Å². The van der Waals surface area contributed by atoms with E-state index in [1.807, 2.05) is 0 Å². The Labute approximate surface area is 122 Å². The van der Waals surface area contributed by atoms with E-state index in [1.54, 1.807) is 7.11 Å². The number of carboxylic acids is 1. The summed E-state index contributed by atoms with van der Waals surface area (Å²) in [4.78, 5) is 14.1. The van der Waals surface area contributed by atoms with Crippen LogP contribution in [-0.2, 0) is 9.53 Å². The van der Waals surface area contributed by atoms with Gasteiger partial charge in [0.25, 0.3) is 0 Å². The zero-order chi connectivity index (χ0) is 14.6. The molecular formula is C16H29NO3. The molecule has 1 N–H and O–H groups in total. The van der Waals surface area contributed by atoms with Gasteiger partial charge in [-0.05, 0) is 58.0 Å². The van der Waals surface area contributed by atoms with Gasteiger partial charge in [0.15, 0.2) is 0 Å². The van der Waals surface area contributed by atoms with E-state index < -0.39 is 11.4 Å². The molecule has 0 aromatic rings. The lowest BCUT2D eigenvalue weighted by molar-refractivity contribution is -0.153. The van der Waals surface area contributed by atoms with Gasteiger partial charge in [-0.1, -0.05) is 13.3 Å². The maximum atomic E-state index is 11.6. The molecule has 0 unspecified atom stereocenters. The second kappa shape index (κ2) is 6.90. The van der Waals surface area contributed by atoms with Gasteiger partial charge in [-0.15, -0.1) is 0 Å². The van der Waals surface area contributed by atoms with E-state index in [2.05, 4.69) is 11.8 Å². The second-order valence-corrected chi connectivity index (χ2v) is 6.54. The zero-order valence-electron chi connectivity index (χ0n) is 12.9. The number of carboxylic acid groups (broad SMARTS) is 1. The van der Waals surface area contributed by atoms with E-state index in [9.17, 15) is 9.90 Å². The Hall–Kier alpha value is -0.610. The lowest BCUT2D eigenvalue weighted by atomic mass is 9.74. The first kappa shape index (κ1) is 15.8. The van der Waals surface area contributed by atoms with Crippen LogP contribution >= 0.6 is 0 Å². The fourth-order valence-corrected chi connectivity index (χ4v) is 4.01. The minimum Gasteiger partial charge on any atom is -0.481 e. The van der Waals surface area contributed by atoms with Crippen LogP contribution in [0.3, 0.4) is 0 Å². The Morgan fingerprint density at radius 2 is 1.85 bits per heavy atom. The smallest absolute Gasteiger partial charge is 0.309 e. The normalized spacial score (nSPS) is 31.1. The number of hydrogen-bond donors (Lipinski definition) is 1. The van der Waals surface area contributed by atoms with Crippen LogP contribution in [0.25, 0.3) is 0 Å². The average molecular weight is 283 g/mol. The number of aliphatic carboxylic acids is 1. The molecule has 0 bridgehead atoms. The number of piperidine rings is 1. The molecule has 0 radical (unpaired) electrons. The molecular weight excluding hydrogens is 254 g/mol. The Morgan fingerprint density at radius 3 is 2.30 bits per heavy atom. The predicted octanol–water partition coefficient (Wildman–Crippen LogP) is 2.91. The Kier molecular flexibility index (Phi) is 5.44. The lowest BCUT2D eigenvalue weighted by Crippen LogP contribution is -2.49. The van der Waals surface area contributed by atoms with Gasteiger partial charge in [0.05, 0.1) is 11.5 Å². The van der Waals surface area contributed by atoms with E-state index >= 15 is 0 Å². The summed E-state index contributed by atoms with van der Waals surface area (Å²) < 4.78 is 5.43. The van der Waals surface area contributed by atoms with Crippen LogP contribution < -0.4 is 0 Å². The maximum absolute atomic E-state index is 11.6. The molecule has 2 aliphatic rings. The summed E-state index contributed by atoms with van der Waals surface area (Å²) in [6, 6.07) is 0.648. The van der Waals surface area contributed by atoms with Crippen LogP contribution in [0.15, 0.2) is 0 Å². The summed E-state index contributed by atoms with van der Waals surface area (Å²) in [5.74, 6) is -0.581. The molecule has 1 saturated heterocycles. The molecule has 116 valence electrons. The van der Waals surface area contributed by atoms with Crippen molar-refractivity contribution in [3.05, 3.63) is 0 Å². The van der Waals surface area contributed by atoms with Crippen molar-refractivity contribution in [3.63, 3.8) is 0 Å². The quantitative estimate of drug-likeness (QED) is 0.843. The van der Waals surface area contributed by atoms with Crippen molar-refractivity contribution in [2.45, 2.75) is 70.4 Å². The predicted molar refractivity (Wildman–Crippen MR) is 78.8 cm³/mol. The molecule has 1 saturated carbocycles. The van der Waals surface area contributed by atoms with Crippen molar-refractivity contribution in [1.82, 2.24) is 4.90 Å². The number of likely N-dealkylation sites (tertiary alicyclic amines) is 1. The summed E-state index contributed by atoms with van der Waals surface area (Å²) in [5, 5.41) is 9.55. The van der Waals surface area contributed by atoms with Crippen molar-refractivity contribution in [2.75, 3.05) is 20.2 Å². The van der Waals surface area contributed by atoms with E-state index in [0.29, 0.717) is 12.1 Å². The molecule has 0 amide bonds. The minimum absolute atomic E-state index is 0.439. The zero-order valence-corrected chi connectivity index (χ0v) is 12.9. The molecule has 0 aromatic carbocycles. The van der Waals surface area contributed by atoms with Gasteiger partial charge in [-0.3, -0.25) is 4.79 Å². The van der Waals surface area contributed by atoms with Crippen molar-refractivity contribution in [2.24, 2.45) is 5.41 Å². The number of carbonyl (C=O) groups is 1. The van der Waals surface area contributed by atoms with Crippen molar-refractivity contribution in [1.29, 1.82) is 0 Å². The highest BCUT2D eigenvalue weighted by Gasteiger charge is 2.42. The molecule has 20 heavy (non-hydrogen) atoms. The molecule has 4 nitrogen and oxygen atoms in total. The number of ether oxygens (including phenoxy) is 1. The summed E-state index contributed by atoms with van der Waals surface area (Å²) in [6.07, 6.45) is 8.57. The second-order valence-electron chi connectivity index (χ2n) is 6.54. The molecule has 1 heterocycles.